The maximum atomic E-state index is 5.98. The Kier molecular flexibility index (Phi) is 2.79. The van der Waals surface area contributed by atoms with Crippen LogP contribution in [0.3, 0.4) is 0 Å². The zero-order valence-corrected chi connectivity index (χ0v) is 11.8. The van der Waals surface area contributed by atoms with Gasteiger partial charge in [-0.15, -0.1) is 0 Å². The van der Waals surface area contributed by atoms with Crippen LogP contribution in [0, 0.1) is 0 Å². The van der Waals surface area contributed by atoms with E-state index in [0.717, 1.165) is 22.4 Å². The third-order valence-corrected chi connectivity index (χ3v) is 3.58. The molecule has 0 aliphatic heterocycles. The second-order valence-corrected chi connectivity index (χ2v) is 5.21. The molecule has 2 aromatic carbocycles. The van der Waals surface area contributed by atoms with Crippen LogP contribution in [0.5, 0.6) is 0 Å². The minimum Gasteiger partial charge on any atom is -0.436 e. The Morgan fingerprint density at radius 1 is 0.952 bits per heavy atom. The third-order valence-electron chi connectivity index (χ3n) is 3.35. The first-order valence-corrected chi connectivity index (χ1v) is 6.97. The van der Waals surface area contributed by atoms with Crippen LogP contribution in [0.2, 0.25) is 5.02 Å². The molecule has 0 radical (unpaired) electrons. The standard InChI is InChI=1S/C17H11ClN2O/c18-13-6-7-16-15(11-13)19-17(21-16)12-4-3-5-14(10-12)20-8-1-2-9-20/h1-11H. The van der Waals surface area contributed by atoms with Crippen molar-refractivity contribution in [1.82, 2.24) is 9.55 Å². The lowest BCUT2D eigenvalue weighted by Gasteiger charge is -2.03. The van der Waals surface area contributed by atoms with Gasteiger partial charge in [-0.2, -0.15) is 0 Å². The first-order valence-electron chi connectivity index (χ1n) is 6.59. The SMILES string of the molecule is Clc1ccc2oc(-c3cccc(-n4cccc4)c3)nc2c1. The summed E-state index contributed by atoms with van der Waals surface area (Å²) in [5.41, 5.74) is 3.51. The lowest BCUT2D eigenvalue weighted by atomic mass is 10.2. The van der Waals surface area contributed by atoms with E-state index in [1.807, 2.05) is 59.4 Å². The highest BCUT2D eigenvalue weighted by Gasteiger charge is 2.09. The van der Waals surface area contributed by atoms with Gasteiger partial charge in [0.2, 0.25) is 5.89 Å². The summed E-state index contributed by atoms with van der Waals surface area (Å²) in [4.78, 5) is 4.51. The number of fused-ring (bicyclic) bond motifs is 1. The molecule has 0 saturated carbocycles. The summed E-state index contributed by atoms with van der Waals surface area (Å²) in [5, 5.41) is 0.656. The quantitative estimate of drug-likeness (QED) is 0.524. The van der Waals surface area contributed by atoms with E-state index in [4.69, 9.17) is 16.0 Å². The van der Waals surface area contributed by atoms with Gasteiger partial charge < -0.3 is 8.98 Å². The summed E-state index contributed by atoms with van der Waals surface area (Å²) in [7, 11) is 0. The highest BCUT2D eigenvalue weighted by atomic mass is 35.5. The lowest BCUT2D eigenvalue weighted by Crippen LogP contribution is -1.89. The first-order chi connectivity index (χ1) is 10.3. The van der Waals surface area contributed by atoms with Gasteiger partial charge in [-0.05, 0) is 48.5 Å². The third kappa shape index (κ3) is 2.22. The van der Waals surface area contributed by atoms with Gasteiger partial charge >= 0.3 is 0 Å². The number of halogens is 1. The topological polar surface area (TPSA) is 31.0 Å². The van der Waals surface area contributed by atoms with E-state index in [9.17, 15) is 0 Å². The fourth-order valence-electron chi connectivity index (χ4n) is 2.33. The number of oxazole rings is 1. The van der Waals surface area contributed by atoms with E-state index < -0.39 is 0 Å². The van der Waals surface area contributed by atoms with Crippen LogP contribution in [-0.2, 0) is 0 Å². The van der Waals surface area contributed by atoms with E-state index in [-0.39, 0.29) is 0 Å². The number of benzene rings is 2. The summed E-state index contributed by atoms with van der Waals surface area (Å²) in [6.45, 7) is 0. The summed E-state index contributed by atoms with van der Waals surface area (Å²) in [5.74, 6) is 0.598. The Labute approximate surface area is 126 Å². The first kappa shape index (κ1) is 12.2. The van der Waals surface area contributed by atoms with Gasteiger partial charge in [0, 0.05) is 28.7 Å². The molecule has 21 heavy (non-hydrogen) atoms. The van der Waals surface area contributed by atoms with Crippen LogP contribution in [-0.4, -0.2) is 9.55 Å². The summed E-state index contributed by atoms with van der Waals surface area (Å²) in [6.07, 6.45) is 4.01. The molecule has 4 rings (SSSR count). The molecule has 0 aliphatic rings. The fourth-order valence-corrected chi connectivity index (χ4v) is 2.50. The molecule has 2 heterocycles. The molecule has 0 amide bonds. The molecule has 0 aliphatic carbocycles. The van der Waals surface area contributed by atoms with Gasteiger partial charge in [-0.3, -0.25) is 0 Å². The van der Waals surface area contributed by atoms with E-state index >= 15 is 0 Å². The summed E-state index contributed by atoms with van der Waals surface area (Å²) in [6, 6.07) is 17.5. The van der Waals surface area contributed by atoms with E-state index in [0.29, 0.717) is 10.9 Å². The number of aromatic nitrogens is 2. The van der Waals surface area contributed by atoms with Gasteiger partial charge in [0.15, 0.2) is 5.58 Å². The largest absolute Gasteiger partial charge is 0.436 e. The van der Waals surface area contributed by atoms with Gasteiger partial charge in [0.1, 0.15) is 5.52 Å². The predicted molar refractivity (Wildman–Crippen MR) is 83.8 cm³/mol. The van der Waals surface area contributed by atoms with E-state index in [2.05, 4.69) is 4.98 Å². The highest BCUT2D eigenvalue weighted by Crippen LogP contribution is 2.27. The molecule has 0 unspecified atom stereocenters. The number of hydrogen-bond acceptors (Lipinski definition) is 2. The molecular weight excluding hydrogens is 284 g/mol. The Hall–Kier alpha value is -2.52. The van der Waals surface area contributed by atoms with E-state index in [1.165, 1.54) is 0 Å². The lowest BCUT2D eigenvalue weighted by molar-refractivity contribution is 0.620. The summed E-state index contributed by atoms with van der Waals surface area (Å²) < 4.78 is 7.85. The average molecular weight is 295 g/mol. The van der Waals surface area contributed by atoms with Crippen molar-refractivity contribution < 1.29 is 4.42 Å². The second kappa shape index (κ2) is 4.79. The molecule has 0 spiro atoms. The van der Waals surface area contributed by atoms with Crippen LogP contribution in [0.15, 0.2) is 71.4 Å². The van der Waals surface area contributed by atoms with Gasteiger partial charge in [-0.25, -0.2) is 4.98 Å². The van der Waals surface area contributed by atoms with Crippen molar-refractivity contribution in [2.75, 3.05) is 0 Å². The van der Waals surface area contributed by atoms with Crippen LogP contribution in [0.1, 0.15) is 0 Å². The molecular formula is C17H11ClN2O. The van der Waals surface area contributed by atoms with Crippen molar-refractivity contribution in [3.05, 3.63) is 72.0 Å². The van der Waals surface area contributed by atoms with Gasteiger partial charge in [0.05, 0.1) is 0 Å². The Bertz CT molecular complexity index is 910. The molecule has 0 fully saturated rings. The van der Waals surface area contributed by atoms with Crippen LogP contribution < -0.4 is 0 Å². The number of rotatable bonds is 2. The molecule has 0 bridgehead atoms. The van der Waals surface area contributed by atoms with Crippen molar-refractivity contribution in [3.63, 3.8) is 0 Å². The fraction of sp³-hybridized carbons (Fsp3) is 0. The minimum atomic E-state index is 0.598. The maximum absolute atomic E-state index is 5.98. The average Bonchev–Trinajstić information content (AvgIpc) is 3.16. The number of nitrogens with zero attached hydrogens (tertiary/aromatic N) is 2. The molecule has 3 nitrogen and oxygen atoms in total. The van der Waals surface area contributed by atoms with Crippen molar-refractivity contribution in [2.45, 2.75) is 0 Å². The monoisotopic (exact) mass is 294 g/mol. The Morgan fingerprint density at radius 3 is 2.67 bits per heavy atom. The summed E-state index contributed by atoms with van der Waals surface area (Å²) >= 11 is 5.98. The zero-order chi connectivity index (χ0) is 14.2. The van der Waals surface area contributed by atoms with Crippen molar-refractivity contribution in [2.24, 2.45) is 0 Å². The zero-order valence-electron chi connectivity index (χ0n) is 11.0. The highest BCUT2D eigenvalue weighted by molar-refractivity contribution is 6.31. The van der Waals surface area contributed by atoms with Crippen molar-refractivity contribution in [1.29, 1.82) is 0 Å². The normalized spacial score (nSPS) is 11.1. The van der Waals surface area contributed by atoms with E-state index in [1.54, 1.807) is 12.1 Å². The Morgan fingerprint density at radius 2 is 1.81 bits per heavy atom. The number of hydrogen-bond donors (Lipinski definition) is 0. The second-order valence-electron chi connectivity index (χ2n) is 4.77. The van der Waals surface area contributed by atoms with Crippen LogP contribution >= 0.6 is 11.6 Å². The molecule has 0 saturated heterocycles. The maximum Gasteiger partial charge on any atom is 0.227 e. The van der Waals surface area contributed by atoms with Crippen LogP contribution in [0.25, 0.3) is 28.2 Å². The van der Waals surface area contributed by atoms with Gasteiger partial charge in [0.25, 0.3) is 0 Å². The van der Waals surface area contributed by atoms with Crippen molar-refractivity contribution in [3.8, 4) is 17.1 Å². The molecule has 0 atom stereocenters. The molecule has 2 aromatic heterocycles. The Balaban J connectivity index is 1.83. The molecule has 4 aromatic rings. The van der Waals surface area contributed by atoms with Crippen LogP contribution in [0.4, 0.5) is 0 Å². The van der Waals surface area contributed by atoms with Crippen molar-refractivity contribution >= 4 is 22.7 Å². The smallest absolute Gasteiger partial charge is 0.227 e. The van der Waals surface area contributed by atoms with Gasteiger partial charge in [-0.1, -0.05) is 17.7 Å². The minimum absolute atomic E-state index is 0.598. The molecule has 0 N–H and O–H groups in total. The predicted octanol–water partition coefficient (Wildman–Crippen LogP) is 4.94. The molecule has 4 heteroatoms. The molecule has 102 valence electrons.